The Balaban J connectivity index is 2.18. The van der Waals surface area contributed by atoms with Gasteiger partial charge < -0.3 is 4.74 Å². The quantitative estimate of drug-likeness (QED) is 0.424. The normalized spacial score (nSPS) is 34.5. The molecule has 0 radical (unpaired) electrons. The number of alkyl halides is 1. The van der Waals surface area contributed by atoms with Gasteiger partial charge in [0.1, 0.15) is 5.56 Å². The van der Waals surface area contributed by atoms with E-state index in [4.69, 9.17) is 16.3 Å². The second kappa shape index (κ2) is 1.80. The molecule has 2 heteroatoms. The summed E-state index contributed by atoms with van der Waals surface area (Å²) in [5.41, 5.74) is 0.0185. The van der Waals surface area contributed by atoms with Crippen molar-refractivity contribution in [3.63, 3.8) is 0 Å². The molecule has 0 saturated carbocycles. The zero-order valence-corrected chi connectivity index (χ0v) is 4.24. The van der Waals surface area contributed by atoms with Gasteiger partial charge in [-0.2, -0.15) is 0 Å². The minimum atomic E-state index is 0.0185. The van der Waals surface area contributed by atoms with Gasteiger partial charge in [0.2, 0.25) is 0 Å². The van der Waals surface area contributed by atoms with E-state index in [1.165, 1.54) is 0 Å². The van der Waals surface area contributed by atoms with Crippen LogP contribution < -0.4 is 0 Å². The summed E-state index contributed by atoms with van der Waals surface area (Å²) < 4.78 is 4.92. The summed E-state index contributed by atoms with van der Waals surface area (Å²) in [6, 6.07) is 0. The van der Waals surface area contributed by atoms with Crippen LogP contribution in [-0.4, -0.2) is 12.2 Å². The van der Waals surface area contributed by atoms with Gasteiger partial charge in [-0.05, 0) is 12.8 Å². The van der Waals surface area contributed by atoms with Gasteiger partial charge in [-0.1, -0.05) is 11.6 Å². The number of hydrogen-bond acceptors (Lipinski definition) is 1. The molecule has 0 aromatic heterocycles. The van der Waals surface area contributed by atoms with Gasteiger partial charge in [0, 0.05) is 6.61 Å². The minimum absolute atomic E-state index is 0.0185. The molecule has 0 spiro atoms. The number of rotatable bonds is 0. The third kappa shape index (κ3) is 0.854. The van der Waals surface area contributed by atoms with Crippen LogP contribution in [0.25, 0.3) is 0 Å². The maximum Gasteiger partial charge on any atom is 0.131 e. The van der Waals surface area contributed by atoms with Crippen molar-refractivity contribution >= 4 is 11.6 Å². The highest BCUT2D eigenvalue weighted by Gasteiger charge is 2.09. The average molecular weight is 107 g/mol. The Morgan fingerprint density at radius 1 is 1.67 bits per heavy atom. The van der Waals surface area contributed by atoms with E-state index in [1.807, 2.05) is 0 Å². The molecular formula is C4H7ClO. The highest BCUT2D eigenvalue weighted by atomic mass is 35.5. The molecule has 1 atom stereocenters. The van der Waals surface area contributed by atoms with E-state index in [-0.39, 0.29) is 5.56 Å². The maximum absolute atomic E-state index is 5.49. The summed E-state index contributed by atoms with van der Waals surface area (Å²) in [7, 11) is 0. The van der Waals surface area contributed by atoms with Gasteiger partial charge in [0.15, 0.2) is 0 Å². The Morgan fingerprint density at radius 3 is 2.67 bits per heavy atom. The molecule has 0 N–H and O–H groups in total. The van der Waals surface area contributed by atoms with Crippen LogP contribution in [0.5, 0.6) is 0 Å². The molecule has 36 valence electrons. The first kappa shape index (κ1) is 4.41. The predicted molar refractivity (Wildman–Crippen MR) is 24.8 cm³/mol. The van der Waals surface area contributed by atoms with Crippen LogP contribution in [0, 0.1) is 0 Å². The fourth-order valence-electron chi connectivity index (χ4n) is 0.538. The first-order valence-corrected chi connectivity index (χ1v) is 2.59. The average Bonchev–Trinajstić information content (AvgIpc) is 1.86. The molecule has 1 saturated heterocycles. The van der Waals surface area contributed by atoms with Gasteiger partial charge >= 0.3 is 0 Å². The van der Waals surface area contributed by atoms with Crippen molar-refractivity contribution in [1.29, 1.82) is 0 Å². The second-order valence-corrected chi connectivity index (χ2v) is 1.91. The zero-order valence-electron chi connectivity index (χ0n) is 3.48. The molecule has 1 aliphatic heterocycles. The summed E-state index contributed by atoms with van der Waals surface area (Å²) in [5, 5.41) is 0. The number of hydrogen-bond donors (Lipinski definition) is 0. The van der Waals surface area contributed by atoms with Crippen LogP contribution >= 0.6 is 11.6 Å². The summed E-state index contributed by atoms with van der Waals surface area (Å²) in [6.07, 6.45) is 2.16. The SMILES string of the molecule is Cl[C@H]1CCCO1. The minimum Gasteiger partial charge on any atom is -0.362 e. The van der Waals surface area contributed by atoms with Gasteiger partial charge in [-0.25, -0.2) is 0 Å². The molecule has 1 fully saturated rings. The second-order valence-electron chi connectivity index (χ2n) is 1.42. The Morgan fingerprint density at radius 2 is 2.50 bits per heavy atom. The van der Waals surface area contributed by atoms with E-state index in [0.717, 1.165) is 19.4 Å². The molecule has 0 aliphatic carbocycles. The fraction of sp³-hybridized carbons (Fsp3) is 1.00. The molecule has 0 bridgehead atoms. The smallest absolute Gasteiger partial charge is 0.131 e. The van der Waals surface area contributed by atoms with Crippen molar-refractivity contribution in [2.75, 3.05) is 6.61 Å². The number of halogens is 1. The molecule has 0 aromatic rings. The van der Waals surface area contributed by atoms with E-state index in [2.05, 4.69) is 0 Å². The number of ether oxygens (including phenoxy) is 1. The van der Waals surface area contributed by atoms with Crippen LogP contribution in [0.3, 0.4) is 0 Å². The molecule has 1 rings (SSSR count). The van der Waals surface area contributed by atoms with Crippen molar-refractivity contribution < 1.29 is 4.74 Å². The lowest BCUT2D eigenvalue weighted by molar-refractivity contribution is 0.168. The van der Waals surface area contributed by atoms with Crippen molar-refractivity contribution in [2.24, 2.45) is 0 Å². The fourth-order valence-corrected chi connectivity index (χ4v) is 0.782. The molecule has 0 unspecified atom stereocenters. The van der Waals surface area contributed by atoms with Crippen molar-refractivity contribution in [3.05, 3.63) is 0 Å². The van der Waals surface area contributed by atoms with Crippen LogP contribution in [-0.2, 0) is 4.74 Å². The lowest BCUT2D eigenvalue weighted by atomic mass is 10.4. The largest absolute Gasteiger partial charge is 0.362 e. The van der Waals surface area contributed by atoms with Crippen molar-refractivity contribution in [1.82, 2.24) is 0 Å². The van der Waals surface area contributed by atoms with Gasteiger partial charge in [-0.15, -0.1) is 0 Å². The predicted octanol–water partition coefficient (Wildman–Crippen LogP) is 1.36. The van der Waals surface area contributed by atoms with E-state index in [9.17, 15) is 0 Å². The lowest BCUT2D eigenvalue weighted by Gasteiger charge is -1.91. The third-order valence-electron chi connectivity index (χ3n) is 0.874. The lowest BCUT2D eigenvalue weighted by Crippen LogP contribution is -1.89. The third-order valence-corrected chi connectivity index (χ3v) is 1.22. The molecular weight excluding hydrogens is 99.5 g/mol. The zero-order chi connectivity index (χ0) is 4.41. The first-order chi connectivity index (χ1) is 2.89. The van der Waals surface area contributed by atoms with E-state index in [0.29, 0.717) is 0 Å². The standard InChI is InChI=1S/C4H7ClO/c5-4-2-1-3-6-4/h4H,1-3H2/t4-/m1/s1. The van der Waals surface area contributed by atoms with Gasteiger partial charge in [0.25, 0.3) is 0 Å². The summed E-state index contributed by atoms with van der Waals surface area (Å²) in [4.78, 5) is 0. The Kier molecular flexibility index (Phi) is 1.33. The molecule has 1 nitrogen and oxygen atoms in total. The van der Waals surface area contributed by atoms with E-state index >= 15 is 0 Å². The first-order valence-electron chi connectivity index (χ1n) is 2.15. The monoisotopic (exact) mass is 106 g/mol. The van der Waals surface area contributed by atoms with Crippen LogP contribution in [0.15, 0.2) is 0 Å². The van der Waals surface area contributed by atoms with Gasteiger partial charge in [0.05, 0.1) is 0 Å². The Labute approximate surface area is 42.2 Å². The maximum atomic E-state index is 5.49. The van der Waals surface area contributed by atoms with Crippen molar-refractivity contribution in [3.8, 4) is 0 Å². The van der Waals surface area contributed by atoms with Gasteiger partial charge in [-0.3, -0.25) is 0 Å². The summed E-state index contributed by atoms with van der Waals surface area (Å²) >= 11 is 5.49. The molecule has 0 amide bonds. The van der Waals surface area contributed by atoms with Crippen LogP contribution in [0.2, 0.25) is 0 Å². The molecule has 1 aliphatic rings. The topological polar surface area (TPSA) is 9.23 Å². The molecule has 1 heterocycles. The molecule has 0 aromatic carbocycles. The summed E-state index contributed by atoms with van der Waals surface area (Å²) in [5.74, 6) is 0. The summed E-state index contributed by atoms with van der Waals surface area (Å²) in [6.45, 7) is 0.855. The van der Waals surface area contributed by atoms with Crippen LogP contribution in [0.1, 0.15) is 12.8 Å². The van der Waals surface area contributed by atoms with Crippen molar-refractivity contribution in [2.45, 2.75) is 18.4 Å². The Bertz CT molecular complexity index is 40.8. The van der Waals surface area contributed by atoms with E-state index < -0.39 is 0 Å². The Hall–Kier alpha value is 0.250. The van der Waals surface area contributed by atoms with Crippen LogP contribution in [0.4, 0.5) is 0 Å². The molecule has 6 heavy (non-hydrogen) atoms. The van der Waals surface area contributed by atoms with E-state index in [1.54, 1.807) is 0 Å². The highest BCUT2D eigenvalue weighted by Crippen LogP contribution is 2.14. The highest BCUT2D eigenvalue weighted by molar-refractivity contribution is 6.19.